The molecule has 0 saturated heterocycles. The summed E-state index contributed by atoms with van der Waals surface area (Å²) in [4.78, 5) is 27.3. The maximum absolute atomic E-state index is 13.0. The minimum atomic E-state index is -0.222. The average Bonchev–Trinajstić information content (AvgIpc) is 2.77. The number of hydrogen-bond donors (Lipinski definition) is 0. The minimum Gasteiger partial charge on any atom is -0.455 e. The van der Waals surface area contributed by atoms with Gasteiger partial charge in [-0.25, -0.2) is 0 Å². The monoisotopic (exact) mass is 421 g/mol. The molecule has 1 aliphatic carbocycles. The third kappa shape index (κ3) is 6.95. The van der Waals surface area contributed by atoms with Gasteiger partial charge in [0.2, 0.25) is 0 Å². The van der Waals surface area contributed by atoms with Crippen LogP contribution in [-0.4, -0.2) is 23.4 Å². The van der Waals surface area contributed by atoms with Gasteiger partial charge in [-0.2, -0.15) is 0 Å². The smallest absolute Gasteiger partial charge is 0.309 e. The lowest BCUT2D eigenvalue weighted by atomic mass is 9.70. The number of amides is 1. The first-order valence-electron chi connectivity index (χ1n) is 11.3. The first-order valence-corrected chi connectivity index (χ1v) is 11.3. The molecule has 0 radical (unpaired) electrons. The fourth-order valence-corrected chi connectivity index (χ4v) is 4.38. The molecule has 0 unspecified atom stereocenters. The molecule has 0 heterocycles. The summed E-state index contributed by atoms with van der Waals surface area (Å²) in [5.74, 6) is 0.179. The van der Waals surface area contributed by atoms with Crippen molar-refractivity contribution in [2.24, 2.45) is 17.3 Å². The molecule has 3 rings (SSSR count). The standard InChI is InChI=1S/C27H35NO3/c1-27(2,3)24-16-14-23(15-17-24)26(30)31-20-25(29)28(18-21-10-6-4-7-11-21)19-22-12-8-5-9-13-22/h4-13,23-24H,14-20H2,1-3H3. The number of rotatable bonds is 7. The molecule has 1 aliphatic rings. The summed E-state index contributed by atoms with van der Waals surface area (Å²) in [6.07, 6.45) is 3.80. The number of ether oxygens (including phenoxy) is 1. The van der Waals surface area contributed by atoms with Crippen molar-refractivity contribution >= 4 is 11.9 Å². The van der Waals surface area contributed by atoms with Crippen molar-refractivity contribution in [3.8, 4) is 0 Å². The maximum Gasteiger partial charge on any atom is 0.309 e. The van der Waals surface area contributed by atoms with E-state index in [0.29, 0.717) is 19.0 Å². The Morgan fingerprint density at radius 3 is 1.77 bits per heavy atom. The second kappa shape index (κ2) is 10.6. The fraction of sp³-hybridized carbons (Fsp3) is 0.481. The van der Waals surface area contributed by atoms with E-state index in [1.54, 1.807) is 4.90 Å². The normalized spacial score (nSPS) is 18.9. The summed E-state index contributed by atoms with van der Waals surface area (Å²) in [5, 5.41) is 0. The topological polar surface area (TPSA) is 46.6 Å². The van der Waals surface area contributed by atoms with E-state index < -0.39 is 0 Å². The van der Waals surface area contributed by atoms with Crippen LogP contribution < -0.4 is 0 Å². The zero-order valence-corrected chi connectivity index (χ0v) is 19.0. The Kier molecular flexibility index (Phi) is 7.89. The molecular formula is C27H35NO3. The Bertz CT molecular complexity index is 792. The van der Waals surface area contributed by atoms with Gasteiger partial charge in [-0.3, -0.25) is 9.59 Å². The van der Waals surface area contributed by atoms with E-state index in [2.05, 4.69) is 20.8 Å². The lowest BCUT2D eigenvalue weighted by Crippen LogP contribution is -2.35. The van der Waals surface area contributed by atoms with Gasteiger partial charge >= 0.3 is 5.97 Å². The van der Waals surface area contributed by atoms with E-state index in [1.165, 1.54) is 0 Å². The van der Waals surface area contributed by atoms with Gasteiger partial charge in [-0.05, 0) is 48.1 Å². The molecule has 0 bridgehead atoms. The van der Waals surface area contributed by atoms with Gasteiger partial charge in [0.1, 0.15) is 0 Å². The Labute approximate surface area is 186 Å². The summed E-state index contributed by atoms with van der Waals surface area (Å²) in [6, 6.07) is 19.8. The zero-order chi connectivity index (χ0) is 22.3. The van der Waals surface area contributed by atoms with E-state index in [-0.39, 0.29) is 29.8 Å². The van der Waals surface area contributed by atoms with Crippen LogP contribution in [0.15, 0.2) is 60.7 Å². The first-order chi connectivity index (χ1) is 14.8. The van der Waals surface area contributed by atoms with Crippen LogP contribution in [0.3, 0.4) is 0 Å². The van der Waals surface area contributed by atoms with E-state index in [4.69, 9.17) is 4.74 Å². The molecule has 0 spiro atoms. The summed E-state index contributed by atoms with van der Waals surface area (Å²) >= 11 is 0. The molecule has 166 valence electrons. The first kappa shape index (κ1) is 23.1. The molecule has 2 aromatic carbocycles. The molecular weight excluding hydrogens is 386 g/mol. The fourth-order valence-electron chi connectivity index (χ4n) is 4.38. The zero-order valence-electron chi connectivity index (χ0n) is 19.0. The molecule has 1 saturated carbocycles. The van der Waals surface area contributed by atoms with Gasteiger partial charge in [-0.15, -0.1) is 0 Å². The van der Waals surface area contributed by atoms with Crippen molar-refractivity contribution in [2.75, 3.05) is 6.61 Å². The van der Waals surface area contributed by atoms with Crippen LogP contribution in [0, 0.1) is 17.3 Å². The lowest BCUT2D eigenvalue weighted by molar-refractivity contribution is -0.157. The van der Waals surface area contributed by atoms with Gasteiger partial charge in [-0.1, -0.05) is 81.4 Å². The van der Waals surface area contributed by atoms with Gasteiger partial charge in [0.15, 0.2) is 6.61 Å². The quantitative estimate of drug-likeness (QED) is 0.546. The Balaban J connectivity index is 1.56. The predicted octanol–water partition coefficient (Wildman–Crippen LogP) is 5.61. The van der Waals surface area contributed by atoms with E-state index in [9.17, 15) is 9.59 Å². The number of carbonyl (C=O) groups excluding carboxylic acids is 2. The van der Waals surface area contributed by atoms with Crippen molar-refractivity contribution < 1.29 is 14.3 Å². The highest BCUT2D eigenvalue weighted by atomic mass is 16.5. The Morgan fingerprint density at radius 2 is 1.32 bits per heavy atom. The van der Waals surface area contributed by atoms with Crippen molar-refractivity contribution in [1.82, 2.24) is 4.90 Å². The van der Waals surface area contributed by atoms with Crippen LogP contribution in [0.4, 0.5) is 0 Å². The summed E-state index contributed by atoms with van der Waals surface area (Å²) in [7, 11) is 0. The van der Waals surface area contributed by atoms with Gasteiger partial charge in [0, 0.05) is 13.1 Å². The molecule has 0 N–H and O–H groups in total. The van der Waals surface area contributed by atoms with Gasteiger partial charge < -0.3 is 9.64 Å². The van der Waals surface area contributed by atoms with Crippen LogP contribution >= 0.6 is 0 Å². The van der Waals surface area contributed by atoms with Gasteiger partial charge in [0.25, 0.3) is 5.91 Å². The summed E-state index contributed by atoms with van der Waals surface area (Å²) < 4.78 is 5.49. The van der Waals surface area contributed by atoms with Crippen molar-refractivity contribution in [3.05, 3.63) is 71.8 Å². The number of esters is 1. The van der Waals surface area contributed by atoms with Gasteiger partial charge in [0.05, 0.1) is 5.92 Å². The van der Waals surface area contributed by atoms with Crippen molar-refractivity contribution in [2.45, 2.75) is 59.5 Å². The molecule has 0 aliphatic heterocycles. The highest BCUT2D eigenvalue weighted by Crippen LogP contribution is 2.40. The number of nitrogens with zero attached hydrogens (tertiary/aromatic N) is 1. The molecule has 0 atom stereocenters. The number of carbonyl (C=O) groups is 2. The van der Waals surface area contributed by atoms with E-state index >= 15 is 0 Å². The number of hydrogen-bond acceptors (Lipinski definition) is 3. The second-order valence-corrected chi connectivity index (χ2v) is 9.74. The number of benzene rings is 2. The Hall–Kier alpha value is -2.62. The van der Waals surface area contributed by atoms with Crippen LogP contribution in [0.25, 0.3) is 0 Å². The van der Waals surface area contributed by atoms with Crippen LogP contribution in [-0.2, 0) is 27.4 Å². The predicted molar refractivity (Wildman–Crippen MR) is 123 cm³/mol. The third-order valence-corrected chi connectivity index (χ3v) is 6.41. The van der Waals surface area contributed by atoms with E-state index in [0.717, 1.165) is 36.8 Å². The second-order valence-electron chi connectivity index (χ2n) is 9.74. The molecule has 1 amide bonds. The largest absolute Gasteiger partial charge is 0.455 e. The summed E-state index contributed by atoms with van der Waals surface area (Å²) in [5.41, 5.74) is 2.39. The lowest BCUT2D eigenvalue weighted by Gasteiger charge is -2.36. The molecule has 2 aromatic rings. The average molecular weight is 422 g/mol. The van der Waals surface area contributed by atoms with Crippen LogP contribution in [0.1, 0.15) is 57.6 Å². The van der Waals surface area contributed by atoms with Crippen molar-refractivity contribution in [1.29, 1.82) is 0 Å². The molecule has 0 aromatic heterocycles. The molecule has 4 heteroatoms. The Morgan fingerprint density at radius 1 is 0.839 bits per heavy atom. The SMILES string of the molecule is CC(C)(C)C1CCC(C(=O)OCC(=O)N(Cc2ccccc2)Cc2ccccc2)CC1. The van der Waals surface area contributed by atoms with E-state index in [1.807, 2.05) is 60.7 Å². The highest BCUT2D eigenvalue weighted by Gasteiger charge is 2.33. The highest BCUT2D eigenvalue weighted by molar-refractivity contribution is 5.81. The molecule has 31 heavy (non-hydrogen) atoms. The minimum absolute atomic E-state index is 0.0805. The van der Waals surface area contributed by atoms with Crippen LogP contribution in [0.5, 0.6) is 0 Å². The summed E-state index contributed by atoms with van der Waals surface area (Å²) in [6.45, 7) is 7.58. The van der Waals surface area contributed by atoms with Crippen LogP contribution in [0.2, 0.25) is 0 Å². The van der Waals surface area contributed by atoms with Crippen molar-refractivity contribution in [3.63, 3.8) is 0 Å². The molecule has 1 fully saturated rings. The maximum atomic E-state index is 13.0. The third-order valence-electron chi connectivity index (χ3n) is 6.41. The molecule has 4 nitrogen and oxygen atoms in total.